The molecule has 0 bridgehead atoms. The van der Waals surface area contributed by atoms with Crippen molar-refractivity contribution in [1.29, 1.82) is 0 Å². The molecule has 0 aliphatic heterocycles. The van der Waals surface area contributed by atoms with E-state index in [1.54, 1.807) is 0 Å². The minimum absolute atomic E-state index is 0.403. The zero-order valence-corrected chi connectivity index (χ0v) is 10.1. The molecule has 0 unspecified atom stereocenters. The molecule has 15 heavy (non-hydrogen) atoms. The molecule has 0 amide bonds. The molecule has 4 nitrogen and oxygen atoms in total. The lowest BCUT2D eigenvalue weighted by Gasteiger charge is -2.04. The Morgan fingerprint density at radius 1 is 1.47 bits per heavy atom. The third-order valence-corrected chi connectivity index (χ3v) is 2.96. The number of rotatable bonds is 3. The fraction of sp³-hybridized carbons (Fsp3) is 0.111. The summed E-state index contributed by atoms with van der Waals surface area (Å²) < 4.78 is 10.2. The summed E-state index contributed by atoms with van der Waals surface area (Å²) in [7, 11) is 0. The van der Waals surface area contributed by atoms with Crippen LogP contribution in [0.5, 0.6) is 5.75 Å². The van der Waals surface area contributed by atoms with Crippen molar-refractivity contribution in [3.8, 4) is 5.75 Å². The second-order valence-corrected chi connectivity index (χ2v) is 4.58. The molecule has 0 aliphatic carbocycles. The van der Waals surface area contributed by atoms with Crippen molar-refractivity contribution in [3.05, 3.63) is 33.6 Å². The maximum absolute atomic E-state index is 5.58. The molecule has 0 radical (unpaired) electrons. The first-order valence-corrected chi connectivity index (χ1v) is 5.77. The van der Waals surface area contributed by atoms with Gasteiger partial charge in [-0.25, -0.2) is 0 Å². The van der Waals surface area contributed by atoms with Crippen LogP contribution in [-0.4, -0.2) is 9.59 Å². The van der Waals surface area contributed by atoms with Gasteiger partial charge in [0.05, 0.1) is 0 Å². The van der Waals surface area contributed by atoms with Crippen molar-refractivity contribution in [3.63, 3.8) is 0 Å². The third-order valence-electron chi connectivity index (χ3n) is 1.75. The zero-order chi connectivity index (χ0) is 10.7. The average molecular weight is 286 g/mol. The fourth-order valence-electron chi connectivity index (χ4n) is 1.02. The molecule has 2 aromatic rings. The van der Waals surface area contributed by atoms with E-state index < -0.39 is 0 Å². The molecule has 78 valence electrons. The van der Waals surface area contributed by atoms with Gasteiger partial charge < -0.3 is 10.5 Å². The third kappa shape index (κ3) is 2.66. The summed E-state index contributed by atoms with van der Waals surface area (Å²) in [5.41, 5.74) is 5.58. The Morgan fingerprint density at radius 3 is 3.00 bits per heavy atom. The van der Waals surface area contributed by atoms with Crippen molar-refractivity contribution < 1.29 is 4.74 Å². The SMILES string of the molecule is Nc1nnsc1COc1cccc(Br)c1. The van der Waals surface area contributed by atoms with Gasteiger partial charge in [0.15, 0.2) is 5.82 Å². The van der Waals surface area contributed by atoms with E-state index in [1.807, 2.05) is 24.3 Å². The number of anilines is 1. The molecule has 0 aliphatic rings. The Bertz CT molecular complexity index is 460. The van der Waals surface area contributed by atoms with E-state index >= 15 is 0 Å². The predicted molar refractivity (Wildman–Crippen MR) is 62.8 cm³/mol. The van der Waals surface area contributed by atoms with Gasteiger partial charge in [-0.3, -0.25) is 0 Å². The highest BCUT2D eigenvalue weighted by Gasteiger charge is 2.04. The van der Waals surface area contributed by atoms with E-state index in [2.05, 4.69) is 25.5 Å². The van der Waals surface area contributed by atoms with Crippen LogP contribution in [0.25, 0.3) is 0 Å². The predicted octanol–water partition coefficient (Wildman–Crippen LogP) is 2.46. The monoisotopic (exact) mass is 285 g/mol. The second-order valence-electron chi connectivity index (χ2n) is 2.83. The molecule has 6 heteroatoms. The van der Waals surface area contributed by atoms with E-state index in [-0.39, 0.29) is 0 Å². The molecule has 2 rings (SSSR count). The second kappa shape index (κ2) is 4.59. The molecule has 0 fully saturated rings. The van der Waals surface area contributed by atoms with Crippen LogP contribution < -0.4 is 10.5 Å². The Labute approximate surface area is 99.4 Å². The molecule has 0 atom stereocenters. The summed E-state index contributed by atoms with van der Waals surface area (Å²) in [5.74, 6) is 1.23. The van der Waals surface area contributed by atoms with Crippen LogP contribution in [0.4, 0.5) is 5.82 Å². The first-order chi connectivity index (χ1) is 7.25. The van der Waals surface area contributed by atoms with Crippen molar-refractivity contribution >= 4 is 33.3 Å². The molecule has 0 saturated heterocycles. The van der Waals surface area contributed by atoms with E-state index in [1.165, 1.54) is 11.5 Å². The van der Waals surface area contributed by atoms with Gasteiger partial charge in [-0.15, -0.1) is 5.10 Å². The molecular formula is C9H8BrN3OS. The van der Waals surface area contributed by atoms with E-state index in [0.29, 0.717) is 12.4 Å². The summed E-state index contributed by atoms with van der Waals surface area (Å²) in [6.45, 7) is 0.403. The summed E-state index contributed by atoms with van der Waals surface area (Å²) >= 11 is 4.62. The van der Waals surface area contributed by atoms with Crippen molar-refractivity contribution in [1.82, 2.24) is 9.59 Å². The van der Waals surface area contributed by atoms with Gasteiger partial charge in [-0.2, -0.15) is 0 Å². The molecule has 0 spiro atoms. The van der Waals surface area contributed by atoms with Crippen LogP contribution >= 0.6 is 27.5 Å². The van der Waals surface area contributed by atoms with Gasteiger partial charge in [-0.1, -0.05) is 26.5 Å². The number of hydrogen-bond donors (Lipinski definition) is 1. The van der Waals surface area contributed by atoms with Gasteiger partial charge in [0.25, 0.3) is 0 Å². The molecule has 0 saturated carbocycles. The summed E-state index contributed by atoms with van der Waals surface area (Å²) in [6, 6.07) is 7.63. The lowest BCUT2D eigenvalue weighted by molar-refractivity contribution is 0.310. The van der Waals surface area contributed by atoms with Gasteiger partial charge in [0, 0.05) is 4.47 Å². The number of hydrogen-bond acceptors (Lipinski definition) is 5. The van der Waals surface area contributed by atoms with Gasteiger partial charge in [0.1, 0.15) is 17.2 Å². The molecule has 1 aromatic carbocycles. The van der Waals surface area contributed by atoms with Crippen LogP contribution in [0.3, 0.4) is 0 Å². The van der Waals surface area contributed by atoms with Crippen molar-refractivity contribution in [2.24, 2.45) is 0 Å². The van der Waals surface area contributed by atoms with Crippen molar-refractivity contribution in [2.45, 2.75) is 6.61 Å². The molecule has 1 heterocycles. The topological polar surface area (TPSA) is 61.0 Å². The first-order valence-electron chi connectivity index (χ1n) is 4.21. The highest BCUT2D eigenvalue weighted by atomic mass is 79.9. The van der Waals surface area contributed by atoms with E-state index in [0.717, 1.165) is 15.1 Å². The number of aromatic nitrogens is 2. The maximum Gasteiger partial charge on any atom is 0.165 e. The minimum atomic E-state index is 0.403. The molecule has 2 N–H and O–H groups in total. The van der Waals surface area contributed by atoms with Crippen LogP contribution in [0.1, 0.15) is 4.88 Å². The Balaban J connectivity index is 2.02. The maximum atomic E-state index is 5.58. The van der Waals surface area contributed by atoms with Gasteiger partial charge in [0.2, 0.25) is 0 Å². The van der Waals surface area contributed by atoms with Crippen molar-refractivity contribution in [2.75, 3.05) is 5.73 Å². The van der Waals surface area contributed by atoms with Crippen LogP contribution in [0.15, 0.2) is 28.7 Å². The number of nitrogens with zero attached hydrogens (tertiary/aromatic N) is 2. The number of benzene rings is 1. The number of halogens is 1. The smallest absolute Gasteiger partial charge is 0.165 e. The normalized spacial score (nSPS) is 10.2. The molecular weight excluding hydrogens is 278 g/mol. The number of ether oxygens (including phenoxy) is 1. The fourth-order valence-corrected chi connectivity index (χ4v) is 1.87. The van der Waals surface area contributed by atoms with Gasteiger partial charge >= 0.3 is 0 Å². The quantitative estimate of drug-likeness (QED) is 0.941. The first kappa shape index (κ1) is 10.4. The summed E-state index contributed by atoms with van der Waals surface area (Å²) in [4.78, 5) is 0.843. The highest BCUT2D eigenvalue weighted by molar-refractivity contribution is 9.10. The van der Waals surface area contributed by atoms with E-state index in [4.69, 9.17) is 10.5 Å². The average Bonchev–Trinajstić information content (AvgIpc) is 2.61. The largest absolute Gasteiger partial charge is 0.488 e. The number of nitrogens with two attached hydrogens (primary N) is 1. The Morgan fingerprint density at radius 2 is 2.33 bits per heavy atom. The lowest BCUT2D eigenvalue weighted by atomic mass is 10.3. The van der Waals surface area contributed by atoms with Crippen LogP contribution in [0.2, 0.25) is 0 Å². The molecule has 1 aromatic heterocycles. The van der Waals surface area contributed by atoms with Crippen LogP contribution in [-0.2, 0) is 6.61 Å². The Kier molecular flexibility index (Phi) is 3.17. The van der Waals surface area contributed by atoms with Gasteiger partial charge in [-0.05, 0) is 29.7 Å². The standard InChI is InChI=1S/C9H8BrN3OS/c10-6-2-1-3-7(4-6)14-5-8-9(11)12-13-15-8/h1-4H,5,11H2. The lowest BCUT2D eigenvalue weighted by Crippen LogP contribution is -1.97. The Hall–Kier alpha value is -1.14. The zero-order valence-electron chi connectivity index (χ0n) is 7.68. The number of nitrogen functional groups attached to an aromatic ring is 1. The van der Waals surface area contributed by atoms with Crippen LogP contribution in [0, 0.1) is 0 Å². The summed E-state index contributed by atoms with van der Waals surface area (Å²) in [5, 5.41) is 3.70. The summed E-state index contributed by atoms with van der Waals surface area (Å²) in [6.07, 6.45) is 0. The minimum Gasteiger partial charge on any atom is -0.488 e. The van der Waals surface area contributed by atoms with E-state index in [9.17, 15) is 0 Å². The highest BCUT2D eigenvalue weighted by Crippen LogP contribution is 2.20.